The van der Waals surface area contributed by atoms with Crippen LogP contribution in [0.3, 0.4) is 0 Å². The minimum Gasteiger partial charge on any atom is -0.870 e. The number of nitrogens with zero attached hydrogens (tertiary/aromatic N) is 14. The van der Waals surface area contributed by atoms with Crippen molar-refractivity contribution >= 4 is 65.6 Å². The predicted octanol–water partition coefficient (Wildman–Crippen LogP) is 8.51. The molecule has 12 aromatic heterocycles. The van der Waals surface area contributed by atoms with E-state index in [1.807, 2.05) is 24.3 Å². The van der Waals surface area contributed by atoms with E-state index >= 15 is 0 Å². The van der Waals surface area contributed by atoms with E-state index < -0.39 is 56.0 Å². The maximum absolute atomic E-state index is 13.2. The van der Waals surface area contributed by atoms with Gasteiger partial charge in [0.2, 0.25) is 23.8 Å². The Morgan fingerprint density at radius 1 is 0.440 bits per heavy atom. The summed E-state index contributed by atoms with van der Waals surface area (Å²) >= 11 is 5.58. The Hall–Kier alpha value is -12.0. The van der Waals surface area contributed by atoms with Gasteiger partial charge in [0.05, 0.1) is 81.9 Å². The molecule has 38 heteroatoms. The molecule has 0 spiro atoms. The average molecular weight is 1720 g/mol. The van der Waals surface area contributed by atoms with Gasteiger partial charge < -0.3 is 46.1 Å². The molecule has 12 aromatic rings. The van der Waals surface area contributed by atoms with E-state index in [1.54, 1.807) is 149 Å². The second-order valence-corrected chi connectivity index (χ2v) is 22.1. The number of esters is 2. The molecule has 0 aliphatic heterocycles. The van der Waals surface area contributed by atoms with Crippen molar-refractivity contribution in [3.8, 4) is 56.3 Å². The Kier molecular flexibility index (Phi) is 53.5. The van der Waals surface area contributed by atoms with Crippen LogP contribution in [0.15, 0.2) is 220 Å². The monoisotopic (exact) mass is 1720 g/mol. The van der Waals surface area contributed by atoms with Gasteiger partial charge >= 0.3 is 54.6 Å². The van der Waals surface area contributed by atoms with Crippen LogP contribution in [-0.2, 0) is 90.8 Å². The molecule has 8 N–H and O–H groups in total. The van der Waals surface area contributed by atoms with Gasteiger partial charge in [-0.05, 0) is 120 Å². The number of pyridine rings is 10. The number of carbonyl (C=O) groups is 6. The summed E-state index contributed by atoms with van der Waals surface area (Å²) in [4.78, 5) is 118. The largest absolute Gasteiger partial charge is 1.00 e. The van der Waals surface area contributed by atoms with Crippen LogP contribution >= 0.6 is 11.6 Å². The van der Waals surface area contributed by atoms with E-state index in [1.165, 1.54) is 55.2 Å². The molecule has 0 fully saturated rings. The van der Waals surface area contributed by atoms with Gasteiger partial charge in [-0.2, -0.15) is 17.6 Å². The van der Waals surface area contributed by atoms with Crippen LogP contribution in [0, 0.1) is 23.8 Å². The fourth-order valence-corrected chi connectivity index (χ4v) is 8.54. The first-order chi connectivity index (χ1) is 53.7. The summed E-state index contributed by atoms with van der Waals surface area (Å²) < 4.78 is 76.4. The number of hydrogen-bond acceptors (Lipinski definition) is 26. The molecule has 0 aliphatic carbocycles. The van der Waals surface area contributed by atoms with Crippen molar-refractivity contribution in [2.75, 3.05) is 26.1 Å². The summed E-state index contributed by atoms with van der Waals surface area (Å²) in [5.74, 6) is -4.95. The summed E-state index contributed by atoms with van der Waals surface area (Å²) in [5, 5.41) is 40.9. The van der Waals surface area contributed by atoms with Gasteiger partial charge in [0.1, 0.15) is 16.8 Å². The fraction of sp³-hybridized carbons (Fsp3) is 0.179. The minimum absolute atomic E-state index is 0. The van der Waals surface area contributed by atoms with Gasteiger partial charge in [-0.15, -0.1) is 0 Å². The quantitative estimate of drug-likeness (QED) is 0.0203. The van der Waals surface area contributed by atoms with E-state index in [2.05, 4.69) is 69.8 Å². The van der Waals surface area contributed by atoms with Crippen molar-refractivity contribution in [3.63, 3.8) is 0 Å². The SMILES string of the molecule is C.C.CC(=O)O.CC(=O)O.CCOC(=O)Cc1ccc(-c2ccnc(F)c2)nc1.CCOC(=O)Cc1ccc(Cl)nc1.Nc1ccc(-c2cnccn2)cn1.O=C(Cc1ccc(-c2ccnc(F)c2)nc1)Cc1ccc(-c2cnccn2)cn1.O=C(O)Cc1ccc(-c2ccnc(F)c2)nc1.OB(O)c1ccnc(F)c1.[2H]CF.[Na+].[OH-].[Pd]. The van der Waals surface area contributed by atoms with Gasteiger partial charge in [0.25, 0.3) is 11.9 Å². The van der Waals surface area contributed by atoms with Gasteiger partial charge in [-0.25, -0.2) is 29.9 Å². The van der Waals surface area contributed by atoms with E-state index in [9.17, 15) is 41.1 Å². The molecule has 29 nitrogen and oxygen atoms in total. The van der Waals surface area contributed by atoms with Crippen LogP contribution in [0.2, 0.25) is 5.15 Å². The Balaban J connectivity index is 0. The molecule has 0 aromatic carbocycles. The zero-order valence-corrected chi connectivity index (χ0v) is 65.7. The number of carbonyl (C=O) groups excluding carboxylic acids is 3. The number of alkyl halides is 1. The van der Waals surface area contributed by atoms with Crippen molar-refractivity contribution < 1.29 is 142 Å². The third-order valence-electron chi connectivity index (χ3n) is 13.2. The smallest absolute Gasteiger partial charge is 0.870 e. The number of carboxylic acids is 3. The molecule has 0 radical (unpaired) electrons. The molecular weight excluding hydrogens is 1640 g/mol. The van der Waals surface area contributed by atoms with Crippen molar-refractivity contribution in [2.45, 2.75) is 74.7 Å². The second kappa shape index (κ2) is 59.7. The van der Waals surface area contributed by atoms with Crippen molar-refractivity contribution in [1.82, 2.24) is 69.8 Å². The standard InChI is InChI=1S/C22H16FN5O.C14H13FN2O2.C12H9FN2O2.C9H10ClNO2.C9H8N4.C5H5BFNO2.2C2H4O2.CH3F.2CH4.Na.H2O.Pd/c23-22-10-16(5-6-26-22)20-4-1-15(12-28-20)9-19(29)11-18-3-2-17(13-27-18)21-14-24-7-8-25-21;1-2-19-14(18)7-10-3-4-12(17-9-10)11-5-6-16-13(15)8-11;13-11-6-9(3-4-14-11)10-2-1-8(7-15-10)5-12(16)17;1-2-13-9(12)5-7-3-4-8(10)11-6-7;10-9-2-1-7(5-13-9)8-6-11-3-4-12-8;7-5-3-4(6(9)10)1-2-8-5;2*1-2(3)4;1-2;;;;;/h1-8,10,12-14H,9,11H2;3-6,8-9H,2,7H2,1H3;1-4,6-7H,5H2,(H,16,17);3-4,6H,2,5H2,1H3;1-6H,(H2,10,13);1-3,9-10H;2*1H3,(H,3,4);1H3;2*1H4;;1H2;/q;;;;;;;;;;;+1;;/p-1/i;;;;;;;;1D;;;;;. The van der Waals surface area contributed by atoms with E-state index in [4.69, 9.17) is 63.1 Å². The van der Waals surface area contributed by atoms with Crippen LogP contribution in [0.25, 0.3) is 56.3 Å². The number of aliphatic carboxylic acids is 3. The molecule has 0 saturated heterocycles. The summed E-state index contributed by atoms with van der Waals surface area (Å²) in [6.07, 6.45) is 25.7. The summed E-state index contributed by atoms with van der Waals surface area (Å²) in [7, 11) is -2.63. The minimum atomic E-state index is -1.63. The summed E-state index contributed by atoms with van der Waals surface area (Å²) in [6, 6.07) is 32.3. The first kappa shape index (κ1) is 104. The maximum Gasteiger partial charge on any atom is 1.00 e. The Morgan fingerprint density at radius 3 is 1.11 bits per heavy atom. The van der Waals surface area contributed by atoms with Gasteiger partial charge in [-0.1, -0.05) is 50.7 Å². The molecule has 12 heterocycles. The number of nitrogens with two attached hydrogens (primary N) is 1. The molecular formula is C78H81BClF5N15NaO14Pd. The van der Waals surface area contributed by atoms with Gasteiger partial charge in [0.15, 0.2) is 0 Å². The van der Waals surface area contributed by atoms with E-state index in [0.29, 0.717) is 69.2 Å². The molecule has 0 bridgehead atoms. The fourth-order valence-electron chi connectivity index (χ4n) is 8.43. The normalized spacial score (nSPS) is 9.43. The maximum atomic E-state index is 13.2. The van der Waals surface area contributed by atoms with Crippen molar-refractivity contribution in [1.29, 1.82) is 0 Å². The Bertz CT molecular complexity index is 4840. The number of hydrogen-bond donors (Lipinski definition) is 6. The molecule has 0 atom stereocenters. The third-order valence-corrected chi connectivity index (χ3v) is 13.4. The first-order valence-electron chi connectivity index (χ1n) is 33.1. The molecule has 12 rings (SSSR count). The number of halogens is 6. The van der Waals surface area contributed by atoms with Crippen LogP contribution in [0.5, 0.6) is 0 Å². The number of ether oxygens (including phenoxy) is 2. The Morgan fingerprint density at radius 2 is 0.810 bits per heavy atom. The number of ketones is 1. The zero-order chi connectivity index (χ0) is 82.2. The zero-order valence-electron chi connectivity index (χ0n) is 62.4. The first-order valence-corrected chi connectivity index (χ1v) is 32.8. The number of aromatic nitrogens is 14. The Labute approximate surface area is 707 Å². The number of nitrogen functional groups attached to an aromatic ring is 1. The molecule has 0 unspecified atom stereocenters. The molecule has 0 aliphatic rings. The number of rotatable bonds is 18. The van der Waals surface area contributed by atoms with Crippen molar-refractivity contribution in [2.24, 2.45) is 0 Å². The van der Waals surface area contributed by atoms with Crippen LogP contribution < -0.4 is 40.8 Å². The van der Waals surface area contributed by atoms with E-state index in [-0.39, 0.29) is 126 Å². The predicted molar refractivity (Wildman–Crippen MR) is 414 cm³/mol. The van der Waals surface area contributed by atoms with Crippen molar-refractivity contribution in [3.05, 3.63) is 277 Å². The number of carboxylic acid groups (broad SMARTS) is 3. The van der Waals surface area contributed by atoms with E-state index in [0.717, 1.165) is 59.1 Å². The van der Waals surface area contributed by atoms with Gasteiger partial charge in [-0.3, -0.25) is 73.0 Å². The molecule has 608 valence electrons. The molecule has 0 saturated carbocycles. The molecule has 116 heavy (non-hydrogen) atoms. The topological polar surface area (TPSA) is 459 Å². The van der Waals surface area contributed by atoms with Gasteiger partial charge in [0, 0.05) is 186 Å². The third kappa shape index (κ3) is 43.9. The number of Topliss-reactive ketones (excluding diaryl/α,β-unsaturated/α-hetero) is 1. The summed E-state index contributed by atoms with van der Waals surface area (Å²) in [5.41, 5.74) is 16.3. The number of anilines is 1. The second-order valence-electron chi connectivity index (χ2n) is 21.7. The average Bonchev–Trinajstić information content (AvgIpc) is 0.865. The summed E-state index contributed by atoms with van der Waals surface area (Å²) in [6.45, 7) is 6.47. The van der Waals surface area contributed by atoms with Crippen LogP contribution in [0.4, 0.5) is 27.8 Å². The van der Waals surface area contributed by atoms with Crippen LogP contribution in [-0.4, -0.2) is 164 Å². The molecule has 0 amide bonds. The van der Waals surface area contributed by atoms with Crippen LogP contribution in [0.1, 0.15) is 71.9 Å².